The Morgan fingerprint density at radius 3 is 2.63 bits per heavy atom. The summed E-state index contributed by atoms with van der Waals surface area (Å²) in [5.41, 5.74) is -1.26. The number of rotatable bonds is 5. The molecule has 1 atom stereocenters. The van der Waals surface area contributed by atoms with E-state index in [0.29, 0.717) is 10.8 Å². The lowest BCUT2D eigenvalue weighted by molar-refractivity contribution is -0.145. The number of aliphatic carboxylic acids is 1. The van der Waals surface area contributed by atoms with Crippen LogP contribution in [0.2, 0.25) is 0 Å². The van der Waals surface area contributed by atoms with Gasteiger partial charge in [0.05, 0.1) is 11.2 Å². The third-order valence-electron chi connectivity index (χ3n) is 3.65. The summed E-state index contributed by atoms with van der Waals surface area (Å²) in [6.07, 6.45) is 3.80. The molecule has 0 aliphatic heterocycles. The number of hydrogen-bond donors (Lipinski definition) is 2. The molecule has 104 valence electrons. The summed E-state index contributed by atoms with van der Waals surface area (Å²) < 4.78 is 0. The first-order chi connectivity index (χ1) is 8.84. The van der Waals surface area contributed by atoms with Crippen LogP contribution in [-0.2, 0) is 4.79 Å². The Balaban J connectivity index is 2.12. The Kier molecular flexibility index (Phi) is 3.62. The average molecular weight is 282 g/mol. The van der Waals surface area contributed by atoms with Crippen LogP contribution in [0.25, 0.3) is 0 Å². The van der Waals surface area contributed by atoms with E-state index < -0.39 is 11.5 Å². The van der Waals surface area contributed by atoms with Gasteiger partial charge in [0.25, 0.3) is 5.91 Å². The quantitative estimate of drug-likeness (QED) is 0.868. The Morgan fingerprint density at radius 1 is 1.53 bits per heavy atom. The third kappa shape index (κ3) is 2.78. The van der Waals surface area contributed by atoms with Gasteiger partial charge in [-0.1, -0.05) is 13.8 Å². The smallest absolute Gasteiger partial charge is 0.329 e. The summed E-state index contributed by atoms with van der Waals surface area (Å²) in [4.78, 5) is 28.2. The summed E-state index contributed by atoms with van der Waals surface area (Å²) in [5.74, 6) is -1.09. The summed E-state index contributed by atoms with van der Waals surface area (Å²) in [5, 5.41) is 12.9. The van der Waals surface area contributed by atoms with Crippen molar-refractivity contribution in [3.63, 3.8) is 0 Å². The minimum Gasteiger partial charge on any atom is -0.480 e. The van der Waals surface area contributed by atoms with Crippen LogP contribution in [0, 0.1) is 5.92 Å². The first kappa shape index (κ1) is 14.0. The molecule has 1 fully saturated rings. The van der Waals surface area contributed by atoms with Crippen LogP contribution in [0.5, 0.6) is 0 Å². The molecule has 2 N–H and O–H groups in total. The number of carbonyl (C=O) groups is 2. The molecule has 5 nitrogen and oxygen atoms in total. The van der Waals surface area contributed by atoms with E-state index in [1.54, 1.807) is 13.8 Å². The number of nitrogens with one attached hydrogen (secondary N) is 1. The molecule has 0 spiro atoms. The molecule has 1 aromatic rings. The number of amides is 1. The largest absolute Gasteiger partial charge is 0.480 e. The minimum atomic E-state index is -1.26. The minimum absolute atomic E-state index is 0.204. The molecule has 2 rings (SSSR count). The highest BCUT2D eigenvalue weighted by Gasteiger charge is 2.39. The fraction of sp³-hybridized carbons (Fsp3) is 0.615. The Hall–Kier alpha value is -1.43. The summed E-state index contributed by atoms with van der Waals surface area (Å²) in [6, 6.07) is 0. The van der Waals surface area contributed by atoms with E-state index in [-0.39, 0.29) is 11.8 Å². The maximum absolute atomic E-state index is 12.1. The van der Waals surface area contributed by atoms with Crippen LogP contribution in [0.3, 0.4) is 0 Å². The maximum Gasteiger partial charge on any atom is 0.329 e. The monoisotopic (exact) mass is 282 g/mol. The van der Waals surface area contributed by atoms with Crippen molar-refractivity contribution in [2.75, 3.05) is 0 Å². The van der Waals surface area contributed by atoms with Gasteiger partial charge in [-0.25, -0.2) is 9.78 Å². The summed E-state index contributed by atoms with van der Waals surface area (Å²) in [6.45, 7) is 5.08. The van der Waals surface area contributed by atoms with Crippen LogP contribution in [0.1, 0.15) is 54.2 Å². The van der Waals surface area contributed by atoms with Crippen molar-refractivity contribution in [2.45, 2.75) is 45.1 Å². The number of carboxylic acids is 1. The Bertz CT molecular complexity index is 508. The molecule has 1 saturated carbocycles. The second kappa shape index (κ2) is 4.92. The zero-order chi connectivity index (χ0) is 14.2. The number of carboxylic acid groups (broad SMARTS) is 1. The van der Waals surface area contributed by atoms with Gasteiger partial charge in [-0.05, 0) is 25.7 Å². The van der Waals surface area contributed by atoms with Crippen molar-refractivity contribution in [1.29, 1.82) is 0 Å². The SMILES string of the molecule is CC(C)[C@](C)(NC(=O)c1cnc(C2CC2)s1)C(=O)O. The van der Waals surface area contributed by atoms with Crippen molar-refractivity contribution >= 4 is 23.2 Å². The lowest BCUT2D eigenvalue weighted by Crippen LogP contribution is -2.55. The highest BCUT2D eigenvalue weighted by Crippen LogP contribution is 2.41. The lowest BCUT2D eigenvalue weighted by Gasteiger charge is -2.29. The number of carbonyl (C=O) groups excluding carboxylic acids is 1. The van der Waals surface area contributed by atoms with Crippen molar-refractivity contribution < 1.29 is 14.7 Å². The third-order valence-corrected chi connectivity index (χ3v) is 4.80. The van der Waals surface area contributed by atoms with E-state index in [2.05, 4.69) is 10.3 Å². The number of aromatic nitrogens is 1. The van der Waals surface area contributed by atoms with Gasteiger partial charge in [-0.15, -0.1) is 11.3 Å². The van der Waals surface area contributed by atoms with E-state index >= 15 is 0 Å². The van der Waals surface area contributed by atoms with Gasteiger partial charge in [0.2, 0.25) is 0 Å². The molecule has 1 amide bonds. The highest BCUT2D eigenvalue weighted by atomic mass is 32.1. The molecular formula is C13H18N2O3S. The average Bonchev–Trinajstić information content (AvgIpc) is 3.06. The van der Waals surface area contributed by atoms with Gasteiger partial charge in [0, 0.05) is 5.92 Å². The van der Waals surface area contributed by atoms with Crippen molar-refractivity contribution in [3.8, 4) is 0 Å². The molecule has 0 aromatic carbocycles. The van der Waals surface area contributed by atoms with Crippen molar-refractivity contribution in [3.05, 3.63) is 16.1 Å². The molecule has 0 bridgehead atoms. The standard InChI is InChI=1S/C13H18N2O3S/c1-7(2)13(3,12(17)18)15-10(16)9-6-14-11(19-9)8-4-5-8/h6-8H,4-5H2,1-3H3,(H,15,16)(H,17,18)/t13-/m0/s1. The molecule has 0 saturated heterocycles. The van der Waals surface area contributed by atoms with E-state index in [0.717, 1.165) is 17.8 Å². The van der Waals surface area contributed by atoms with Crippen LogP contribution in [0.15, 0.2) is 6.20 Å². The molecule has 0 radical (unpaired) electrons. The number of thiazole rings is 1. The lowest BCUT2D eigenvalue weighted by atomic mass is 9.88. The first-order valence-electron chi connectivity index (χ1n) is 6.36. The first-order valence-corrected chi connectivity index (χ1v) is 7.18. The molecule has 1 aliphatic rings. The van der Waals surface area contributed by atoms with E-state index in [1.165, 1.54) is 24.5 Å². The van der Waals surface area contributed by atoms with Gasteiger partial charge >= 0.3 is 5.97 Å². The zero-order valence-electron chi connectivity index (χ0n) is 11.3. The molecule has 0 unspecified atom stereocenters. The molecule has 1 aromatic heterocycles. The maximum atomic E-state index is 12.1. The van der Waals surface area contributed by atoms with Crippen LogP contribution >= 0.6 is 11.3 Å². The fourth-order valence-corrected chi connectivity index (χ4v) is 2.64. The number of nitrogens with zero attached hydrogens (tertiary/aromatic N) is 1. The van der Waals surface area contributed by atoms with Crippen molar-refractivity contribution in [2.24, 2.45) is 5.92 Å². The van der Waals surface area contributed by atoms with E-state index in [9.17, 15) is 14.7 Å². The highest BCUT2D eigenvalue weighted by molar-refractivity contribution is 7.13. The molecule has 19 heavy (non-hydrogen) atoms. The Morgan fingerprint density at radius 2 is 2.16 bits per heavy atom. The Labute approximate surface area is 116 Å². The second-order valence-corrected chi connectivity index (χ2v) is 6.52. The topological polar surface area (TPSA) is 79.3 Å². The van der Waals surface area contributed by atoms with Gasteiger partial charge in [0.1, 0.15) is 10.4 Å². The molecule has 6 heteroatoms. The predicted octanol–water partition coefficient (Wildman–Crippen LogP) is 2.25. The fourth-order valence-electron chi connectivity index (χ4n) is 1.65. The second-order valence-electron chi connectivity index (χ2n) is 5.45. The number of hydrogen-bond acceptors (Lipinski definition) is 4. The van der Waals surface area contributed by atoms with Gasteiger partial charge in [0.15, 0.2) is 0 Å². The van der Waals surface area contributed by atoms with Crippen molar-refractivity contribution in [1.82, 2.24) is 10.3 Å². The summed E-state index contributed by atoms with van der Waals surface area (Å²) in [7, 11) is 0. The van der Waals surface area contributed by atoms with Gasteiger partial charge in [-0.2, -0.15) is 0 Å². The molecule has 1 aliphatic carbocycles. The van der Waals surface area contributed by atoms with Crippen LogP contribution in [-0.4, -0.2) is 27.5 Å². The van der Waals surface area contributed by atoms with E-state index in [4.69, 9.17) is 0 Å². The predicted molar refractivity (Wildman–Crippen MR) is 72.4 cm³/mol. The molecule has 1 heterocycles. The van der Waals surface area contributed by atoms with E-state index in [1.807, 2.05) is 0 Å². The normalized spacial score (nSPS) is 18.1. The van der Waals surface area contributed by atoms with Gasteiger partial charge < -0.3 is 10.4 Å². The van der Waals surface area contributed by atoms with Crippen LogP contribution in [0.4, 0.5) is 0 Å². The zero-order valence-corrected chi connectivity index (χ0v) is 12.1. The van der Waals surface area contributed by atoms with Crippen LogP contribution < -0.4 is 5.32 Å². The molecular weight excluding hydrogens is 264 g/mol. The summed E-state index contributed by atoms with van der Waals surface area (Å²) >= 11 is 1.36. The van der Waals surface area contributed by atoms with Gasteiger partial charge in [-0.3, -0.25) is 4.79 Å².